The molecule has 0 aliphatic heterocycles. The van der Waals surface area contributed by atoms with Gasteiger partial charge in [-0.05, 0) is 156 Å². The van der Waals surface area contributed by atoms with Crippen LogP contribution >= 0.6 is 0 Å². The lowest BCUT2D eigenvalue weighted by Gasteiger charge is -2.35. The van der Waals surface area contributed by atoms with Crippen molar-refractivity contribution in [2.75, 3.05) is 4.90 Å². The van der Waals surface area contributed by atoms with Crippen LogP contribution in [-0.2, 0) is 5.41 Å². The van der Waals surface area contributed by atoms with Crippen LogP contribution in [0.2, 0.25) is 0 Å². The summed E-state index contributed by atoms with van der Waals surface area (Å²) < 4.78 is 69.8. The molecule has 0 heterocycles. The molecule has 1 nitrogen and oxygen atoms in total. The molecule has 12 rings (SSSR count). The van der Waals surface area contributed by atoms with Crippen molar-refractivity contribution >= 4 is 44.2 Å². The molecule has 0 amide bonds. The maximum atomic E-state index is 10.6. The number of rotatable bonds is 8. The van der Waals surface area contributed by atoms with Crippen LogP contribution in [0, 0.1) is 0 Å². The fraction of sp³-hybridized carbons (Fsp3) is 0.0794. The first-order valence-corrected chi connectivity index (χ1v) is 22.2. The molecule has 9 aromatic rings. The Labute approximate surface area is 386 Å². The lowest BCUT2D eigenvalue weighted by molar-refractivity contribution is 0.768. The van der Waals surface area contributed by atoms with Crippen LogP contribution in [0.5, 0.6) is 0 Å². The normalized spacial score (nSPS) is 16.5. The van der Waals surface area contributed by atoms with E-state index in [0.717, 1.165) is 79.8 Å². The van der Waals surface area contributed by atoms with Crippen molar-refractivity contribution in [3.05, 3.63) is 275 Å². The molecule has 0 saturated carbocycles. The van der Waals surface area contributed by atoms with Crippen LogP contribution in [0.25, 0.3) is 49.4 Å². The molecule has 304 valence electrons. The van der Waals surface area contributed by atoms with Crippen LogP contribution in [0.4, 0.5) is 17.1 Å². The number of hydrogen-bond acceptors (Lipinski definition) is 1. The number of benzene rings is 9. The summed E-state index contributed by atoms with van der Waals surface area (Å²) in [5.74, 6) is 0. The molecule has 0 fully saturated rings. The summed E-state index contributed by atoms with van der Waals surface area (Å²) in [5, 5.41) is 4.45. The third-order valence-corrected chi connectivity index (χ3v) is 13.3. The first kappa shape index (κ1) is 31.2. The van der Waals surface area contributed by atoms with Gasteiger partial charge in [0.15, 0.2) is 0 Å². The number of hydrogen-bond donors (Lipinski definition) is 0. The quantitative estimate of drug-likeness (QED) is 0.138. The first-order valence-electron chi connectivity index (χ1n) is 25.7. The first-order chi connectivity index (χ1) is 34.7. The highest BCUT2D eigenvalue weighted by Crippen LogP contribution is 2.57. The SMILES string of the molecule is [2H]c1c([2H])c(N(c2ccc(-c3cc4ccccc4c4ccccc34)cc2)c2c([2H])c([2H])c3c(c2[2H])C(c2ccccc2)(c2ccccc2)c2ccccc2-3)c([2H])c([2H])c1C1=CC=C(C2=CC=CCC2)CC1. The molecule has 3 aliphatic rings. The smallest absolute Gasteiger partial charge is 0.0714 e. The average molecular weight is 825 g/mol. The van der Waals surface area contributed by atoms with Gasteiger partial charge in [-0.2, -0.15) is 0 Å². The van der Waals surface area contributed by atoms with E-state index in [1.54, 1.807) is 4.90 Å². The standard InChI is InChI=1S/C63H47N/c1-4-16-44(17-5-1)45-28-30-46(31-29-45)47-32-36-52(37-33-47)64(53-38-34-48(35-39-53)60-42-49-18-10-11-23-55(49)56-24-12-13-25-57(56)60)54-40-41-59-58-26-14-15-27-61(58)63(62(59)43-54,50-19-6-2-7-20-50)51-21-8-3-9-22-51/h1-4,6-16,18-28,30,32-43H,5,17,29,31H2/i32D,33D,36D,37D,40D,41D,43D. The van der Waals surface area contributed by atoms with Gasteiger partial charge in [-0.15, -0.1) is 0 Å². The lowest BCUT2D eigenvalue weighted by Crippen LogP contribution is -2.28. The molecule has 0 unspecified atom stereocenters. The fourth-order valence-corrected chi connectivity index (χ4v) is 10.3. The Hall–Kier alpha value is -7.74. The Bertz CT molecular complexity index is 3710. The van der Waals surface area contributed by atoms with E-state index >= 15 is 0 Å². The van der Waals surface area contributed by atoms with Crippen molar-refractivity contribution in [2.24, 2.45) is 0 Å². The minimum absolute atomic E-state index is 0.00508. The van der Waals surface area contributed by atoms with Crippen LogP contribution in [0.15, 0.2) is 248 Å². The summed E-state index contributed by atoms with van der Waals surface area (Å²) in [5.41, 5.74) is 9.03. The maximum Gasteiger partial charge on any atom is 0.0714 e. The molecule has 1 heteroatoms. The van der Waals surface area contributed by atoms with Crippen LogP contribution in [0.1, 0.15) is 63.1 Å². The summed E-state index contributed by atoms with van der Waals surface area (Å²) in [4.78, 5) is 1.55. The number of fused-ring (bicyclic) bond motifs is 6. The van der Waals surface area contributed by atoms with Gasteiger partial charge in [0, 0.05) is 17.1 Å². The third-order valence-electron chi connectivity index (χ3n) is 13.3. The van der Waals surface area contributed by atoms with Gasteiger partial charge in [-0.3, -0.25) is 0 Å². The van der Waals surface area contributed by atoms with E-state index in [0.29, 0.717) is 23.2 Å². The highest BCUT2D eigenvalue weighted by molar-refractivity contribution is 6.13. The van der Waals surface area contributed by atoms with E-state index in [9.17, 15) is 9.60 Å². The molecule has 0 spiro atoms. The molecule has 0 bridgehead atoms. The number of nitrogens with zero attached hydrogens (tertiary/aromatic N) is 1. The molecular weight excluding hydrogens is 771 g/mol. The summed E-state index contributed by atoms with van der Waals surface area (Å²) in [6, 6.07) is 53.1. The van der Waals surface area contributed by atoms with E-state index in [1.807, 2.05) is 140 Å². The average Bonchev–Trinajstić information content (AvgIpc) is 3.75. The van der Waals surface area contributed by atoms with Crippen molar-refractivity contribution < 1.29 is 9.60 Å². The van der Waals surface area contributed by atoms with Crippen molar-refractivity contribution in [1.82, 2.24) is 0 Å². The minimum atomic E-state index is -1.10. The van der Waals surface area contributed by atoms with Crippen molar-refractivity contribution in [3.8, 4) is 22.3 Å². The van der Waals surface area contributed by atoms with Crippen molar-refractivity contribution in [2.45, 2.75) is 31.1 Å². The number of anilines is 3. The van der Waals surface area contributed by atoms with Gasteiger partial charge in [0.2, 0.25) is 0 Å². The van der Waals surface area contributed by atoms with Gasteiger partial charge < -0.3 is 4.90 Å². The second kappa shape index (κ2) is 15.9. The fourth-order valence-electron chi connectivity index (χ4n) is 10.3. The second-order valence-corrected chi connectivity index (χ2v) is 16.8. The molecule has 0 saturated heterocycles. The Balaban J connectivity index is 1.12. The van der Waals surface area contributed by atoms with E-state index < -0.39 is 5.41 Å². The highest BCUT2D eigenvalue weighted by Gasteiger charge is 2.46. The van der Waals surface area contributed by atoms with Gasteiger partial charge in [-0.25, -0.2) is 0 Å². The Morgan fingerprint density at radius 2 is 1.05 bits per heavy atom. The highest BCUT2D eigenvalue weighted by atomic mass is 15.1. The molecule has 0 N–H and O–H groups in total. The number of allylic oxidation sites excluding steroid dienone is 8. The second-order valence-electron chi connectivity index (χ2n) is 16.8. The Morgan fingerprint density at radius 1 is 0.422 bits per heavy atom. The molecule has 0 radical (unpaired) electrons. The minimum Gasteiger partial charge on any atom is -0.310 e. The summed E-state index contributed by atoms with van der Waals surface area (Å²) in [6.45, 7) is 0. The van der Waals surface area contributed by atoms with E-state index in [1.165, 1.54) is 11.1 Å². The van der Waals surface area contributed by atoms with Crippen LogP contribution in [-0.4, -0.2) is 0 Å². The molecule has 9 aromatic carbocycles. The Kier molecular flexibility index (Phi) is 7.72. The summed E-state index contributed by atoms with van der Waals surface area (Å²) >= 11 is 0. The van der Waals surface area contributed by atoms with E-state index in [4.69, 9.17) is 0 Å². The molecule has 0 aromatic heterocycles. The van der Waals surface area contributed by atoms with Gasteiger partial charge in [-0.1, -0.05) is 194 Å². The summed E-state index contributed by atoms with van der Waals surface area (Å²) in [6.07, 6.45) is 13.6. The largest absolute Gasteiger partial charge is 0.310 e. The van der Waals surface area contributed by atoms with Gasteiger partial charge >= 0.3 is 0 Å². The molecule has 0 atom stereocenters. The van der Waals surface area contributed by atoms with E-state index in [-0.39, 0.29) is 59.2 Å². The Morgan fingerprint density at radius 3 is 1.77 bits per heavy atom. The summed E-state index contributed by atoms with van der Waals surface area (Å²) in [7, 11) is 0. The van der Waals surface area contributed by atoms with Gasteiger partial charge in [0.1, 0.15) is 0 Å². The van der Waals surface area contributed by atoms with Gasteiger partial charge in [0.05, 0.1) is 15.0 Å². The van der Waals surface area contributed by atoms with Crippen molar-refractivity contribution in [1.29, 1.82) is 0 Å². The van der Waals surface area contributed by atoms with E-state index in [2.05, 4.69) is 54.6 Å². The zero-order valence-electron chi connectivity index (χ0n) is 42.3. The van der Waals surface area contributed by atoms with Gasteiger partial charge in [0.25, 0.3) is 0 Å². The lowest BCUT2D eigenvalue weighted by atomic mass is 9.67. The molecular formula is C63H47N. The van der Waals surface area contributed by atoms with Crippen LogP contribution < -0.4 is 4.90 Å². The van der Waals surface area contributed by atoms with Crippen LogP contribution in [0.3, 0.4) is 0 Å². The predicted molar refractivity (Wildman–Crippen MR) is 271 cm³/mol. The maximum absolute atomic E-state index is 10.6. The molecule has 3 aliphatic carbocycles. The molecule has 64 heavy (non-hydrogen) atoms. The monoisotopic (exact) mass is 824 g/mol. The third kappa shape index (κ3) is 6.30. The topological polar surface area (TPSA) is 3.24 Å². The van der Waals surface area contributed by atoms with Crippen molar-refractivity contribution in [3.63, 3.8) is 0 Å². The zero-order valence-corrected chi connectivity index (χ0v) is 35.3. The zero-order chi connectivity index (χ0) is 48.5. The predicted octanol–water partition coefficient (Wildman–Crippen LogP) is 16.9.